The smallest absolute Gasteiger partial charge is 0.361 e. The molecular weight excluding hydrogens is 719 g/mol. The van der Waals surface area contributed by atoms with Crippen molar-refractivity contribution >= 4 is 17.9 Å². The topological polar surface area (TPSA) is 108 Å². The van der Waals surface area contributed by atoms with Crippen molar-refractivity contribution in [3.8, 4) is 0 Å². The molecule has 0 rings (SSSR count). The summed E-state index contributed by atoms with van der Waals surface area (Å²) in [6.45, 7) is 4.91. The second kappa shape index (κ2) is 41.0. The molecule has 338 valence electrons. The van der Waals surface area contributed by atoms with Crippen LogP contribution in [-0.4, -0.2) is 87.4 Å². The number of carboxylic acids is 1. The van der Waals surface area contributed by atoms with Crippen molar-refractivity contribution in [3.05, 3.63) is 0 Å². The second-order valence-corrected chi connectivity index (χ2v) is 17.8. The third-order valence-corrected chi connectivity index (χ3v) is 10.9. The number of hydrogen-bond acceptors (Lipinski definition) is 7. The fraction of sp³-hybridized carbons (Fsp3) is 0.938. The molecule has 0 saturated carbocycles. The van der Waals surface area contributed by atoms with Crippen LogP contribution in [0.25, 0.3) is 0 Å². The van der Waals surface area contributed by atoms with E-state index in [2.05, 4.69) is 13.8 Å². The van der Waals surface area contributed by atoms with Crippen LogP contribution in [0, 0.1) is 0 Å². The number of nitrogens with zero attached hydrogens (tertiary/aromatic N) is 1. The summed E-state index contributed by atoms with van der Waals surface area (Å²) in [6.07, 6.45) is 38.7. The van der Waals surface area contributed by atoms with Crippen LogP contribution in [0.4, 0.5) is 0 Å². The Morgan fingerprint density at radius 2 is 0.789 bits per heavy atom. The monoisotopic (exact) mass is 813 g/mol. The van der Waals surface area contributed by atoms with Gasteiger partial charge in [-0.05, 0) is 12.8 Å². The molecule has 0 spiro atoms. The lowest BCUT2D eigenvalue weighted by Crippen LogP contribution is -2.40. The number of carbonyl (C=O) groups excluding carboxylic acids is 2. The zero-order chi connectivity index (χ0) is 42.1. The van der Waals surface area contributed by atoms with E-state index in [0.717, 1.165) is 38.5 Å². The molecule has 0 aromatic rings. The van der Waals surface area contributed by atoms with E-state index < -0.39 is 18.4 Å². The van der Waals surface area contributed by atoms with Gasteiger partial charge in [-0.1, -0.05) is 206 Å². The highest BCUT2D eigenvalue weighted by Gasteiger charge is 2.25. The van der Waals surface area contributed by atoms with Gasteiger partial charge in [0.25, 0.3) is 6.29 Å². The molecule has 2 unspecified atom stereocenters. The van der Waals surface area contributed by atoms with E-state index in [1.54, 1.807) is 0 Å². The Labute approximate surface area is 352 Å². The van der Waals surface area contributed by atoms with Crippen LogP contribution < -0.4 is 0 Å². The summed E-state index contributed by atoms with van der Waals surface area (Å²) in [4.78, 5) is 37.1. The average molecular weight is 813 g/mol. The van der Waals surface area contributed by atoms with Crippen molar-refractivity contribution in [2.45, 2.75) is 245 Å². The largest absolute Gasteiger partial charge is 0.477 e. The quantitative estimate of drug-likeness (QED) is 0.0280. The summed E-state index contributed by atoms with van der Waals surface area (Å²) < 4.78 is 22.8. The summed E-state index contributed by atoms with van der Waals surface area (Å²) >= 11 is 0. The predicted molar refractivity (Wildman–Crippen MR) is 235 cm³/mol. The number of rotatable bonds is 45. The van der Waals surface area contributed by atoms with Gasteiger partial charge in [0.2, 0.25) is 0 Å². The summed E-state index contributed by atoms with van der Waals surface area (Å²) in [5, 5.41) is 9.64. The molecule has 9 nitrogen and oxygen atoms in total. The maximum Gasteiger partial charge on any atom is 0.361 e. The molecule has 9 heteroatoms. The first kappa shape index (κ1) is 55.3. The second-order valence-electron chi connectivity index (χ2n) is 17.8. The van der Waals surface area contributed by atoms with Gasteiger partial charge in [-0.25, -0.2) is 4.79 Å². The zero-order valence-corrected chi connectivity index (χ0v) is 38.3. The first-order chi connectivity index (χ1) is 27.6. The van der Waals surface area contributed by atoms with E-state index in [1.165, 1.54) is 167 Å². The maximum absolute atomic E-state index is 12.8. The molecule has 57 heavy (non-hydrogen) atoms. The van der Waals surface area contributed by atoms with Crippen molar-refractivity contribution in [1.29, 1.82) is 0 Å². The number of hydrogen-bond donors (Lipinski definition) is 1. The molecular formula is C48H94NO8+. The molecule has 0 fully saturated rings. The first-order valence-electron chi connectivity index (χ1n) is 24.2. The van der Waals surface area contributed by atoms with Crippen molar-refractivity contribution in [2.24, 2.45) is 0 Å². The maximum atomic E-state index is 12.8. The Balaban J connectivity index is 4.32. The standard InChI is InChI=1S/C48H93NO8/c1-6-8-10-12-14-16-18-20-21-22-23-24-25-27-29-31-33-35-37-39-46(51)57-44(43-56-48(47(52)53)54-41-40-49(3,4)5)42-55-45(50)38-36-34-32-30-28-26-19-17-15-13-11-9-7-2/h44,48H,6-43H2,1-5H3/p+1. The fourth-order valence-corrected chi connectivity index (χ4v) is 7.07. The average Bonchev–Trinajstić information content (AvgIpc) is 3.17. The third kappa shape index (κ3) is 42.2. The van der Waals surface area contributed by atoms with Gasteiger partial charge in [0.1, 0.15) is 13.2 Å². The normalized spacial score (nSPS) is 12.8. The van der Waals surface area contributed by atoms with Crippen LogP contribution in [0.1, 0.15) is 232 Å². The molecule has 0 amide bonds. The number of ether oxygens (including phenoxy) is 4. The van der Waals surface area contributed by atoms with Crippen LogP contribution in [0.2, 0.25) is 0 Å². The van der Waals surface area contributed by atoms with E-state index in [9.17, 15) is 19.5 Å². The number of aliphatic carboxylic acids is 1. The molecule has 1 N–H and O–H groups in total. The van der Waals surface area contributed by atoms with Gasteiger partial charge in [-0.15, -0.1) is 0 Å². The molecule has 0 aliphatic heterocycles. The van der Waals surface area contributed by atoms with Gasteiger partial charge in [-0.2, -0.15) is 0 Å². The van der Waals surface area contributed by atoms with E-state index in [1.807, 2.05) is 21.1 Å². The predicted octanol–water partition coefficient (Wildman–Crippen LogP) is 12.9. The fourth-order valence-electron chi connectivity index (χ4n) is 7.07. The van der Waals surface area contributed by atoms with Crippen molar-refractivity contribution in [3.63, 3.8) is 0 Å². The zero-order valence-electron chi connectivity index (χ0n) is 38.3. The Kier molecular flexibility index (Phi) is 39.8. The van der Waals surface area contributed by atoms with Gasteiger partial charge in [0.05, 0.1) is 34.4 Å². The van der Waals surface area contributed by atoms with Gasteiger partial charge in [-0.3, -0.25) is 9.59 Å². The number of esters is 2. The summed E-state index contributed by atoms with van der Waals surface area (Å²) in [5.74, 6) is -1.98. The van der Waals surface area contributed by atoms with Crippen LogP contribution in [0.15, 0.2) is 0 Å². The van der Waals surface area contributed by atoms with E-state index in [0.29, 0.717) is 17.4 Å². The number of carbonyl (C=O) groups is 3. The SMILES string of the molecule is CCCCCCCCCCCCCCCCCCCCCC(=O)OC(COC(=O)CCCCCCCCCCCCCCC)COC(OCC[N+](C)(C)C)C(=O)O. The van der Waals surface area contributed by atoms with E-state index in [4.69, 9.17) is 18.9 Å². The number of likely N-dealkylation sites (N-methyl/N-ethyl adjacent to an activating group) is 1. The molecule has 0 heterocycles. The molecule has 0 aromatic carbocycles. The highest BCUT2D eigenvalue weighted by molar-refractivity contribution is 5.71. The Morgan fingerprint density at radius 3 is 1.12 bits per heavy atom. The van der Waals surface area contributed by atoms with Crippen LogP contribution in [-0.2, 0) is 33.3 Å². The molecule has 0 radical (unpaired) electrons. The Hall–Kier alpha value is -1.71. The summed E-state index contributed by atoms with van der Waals surface area (Å²) in [7, 11) is 5.97. The molecule has 2 atom stereocenters. The van der Waals surface area contributed by atoms with Gasteiger partial charge in [0.15, 0.2) is 6.10 Å². The lowest BCUT2D eigenvalue weighted by molar-refractivity contribution is -0.870. The molecule has 0 bridgehead atoms. The number of quaternary nitrogens is 1. The highest BCUT2D eigenvalue weighted by Crippen LogP contribution is 2.16. The summed E-state index contributed by atoms with van der Waals surface area (Å²) in [5.41, 5.74) is 0. The molecule has 0 aliphatic carbocycles. The first-order valence-corrected chi connectivity index (χ1v) is 24.2. The van der Waals surface area contributed by atoms with Gasteiger partial charge >= 0.3 is 17.9 Å². The third-order valence-electron chi connectivity index (χ3n) is 10.9. The van der Waals surface area contributed by atoms with Crippen LogP contribution in [0.5, 0.6) is 0 Å². The minimum absolute atomic E-state index is 0.173. The number of carboxylic acid groups (broad SMARTS) is 1. The van der Waals surface area contributed by atoms with Crippen molar-refractivity contribution in [1.82, 2.24) is 0 Å². The van der Waals surface area contributed by atoms with E-state index in [-0.39, 0.29) is 38.2 Å². The van der Waals surface area contributed by atoms with Crippen LogP contribution in [0.3, 0.4) is 0 Å². The van der Waals surface area contributed by atoms with Crippen molar-refractivity contribution in [2.75, 3.05) is 47.5 Å². The highest BCUT2D eigenvalue weighted by atomic mass is 16.7. The number of unbranched alkanes of at least 4 members (excludes halogenated alkanes) is 30. The van der Waals surface area contributed by atoms with Gasteiger partial charge in [0, 0.05) is 12.8 Å². The minimum atomic E-state index is -1.50. The van der Waals surface area contributed by atoms with Gasteiger partial charge < -0.3 is 28.5 Å². The minimum Gasteiger partial charge on any atom is -0.477 e. The lowest BCUT2D eigenvalue weighted by atomic mass is 10.0. The van der Waals surface area contributed by atoms with E-state index >= 15 is 0 Å². The molecule has 0 aromatic heterocycles. The molecule has 0 saturated heterocycles. The summed E-state index contributed by atoms with van der Waals surface area (Å²) in [6, 6.07) is 0. The van der Waals surface area contributed by atoms with Crippen molar-refractivity contribution < 1.29 is 42.9 Å². The lowest BCUT2D eigenvalue weighted by Gasteiger charge is -2.25. The Morgan fingerprint density at radius 1 is 0.456 bits per heavy atom. The molecule has 0 aliphatic rings. The van der Waals surface area contributed by atoms with Crippen LogP contribution >= 0.6 is 0 Å². The Bertz CT molecular complexity index is 907.